The molecule has 2 aliphatic heterocycles. The number of fused-ring (bicyclic) bond motifs is 1. The van der Waals surface area contributed by atoms with E-state index in [4.69, 9.17) is 0 Å². The highest BCUT2D eigenvalue weighted by Gasteiger charge is 2.31. The molecule has 4 rings (SSSR count). The second-order valence-corrected chi connectivity index (χ2v) is 6.97. The molecule has 0 radical (unpaired) electrons. The Hall–Kier alpha value is -2.42. The maximum absolute atomic E-state index is 12.7. The van der Waals surface area contributed by atoms with Crippen LogP contribution in [0.1, 0.15) is 46.3 Å². The van der Waals surface area contributed by atoms with Gasteiger partial charge in [-0.05, 0) is 43.7 Å². The zero-order valence-electron chi connectivity index (χ0n) is 14.7. The van der Waals surface area contributed by atoms with Crippen molar-refractivity contribution in [3.05, 3.63) is 47.0 Å². The fourth-order valence-electron chi connectivity index (χ4n) is 3.71. The van der Waals surface area contributed by atoms with E-state index in [9.17, 15) is 18.0 Å². The van der Waals surface area contributed by atoms with Crippen molar-refractivity contribution in [3.8, 4) is 0 Å². The normalized spacial score (nSPS) is 20.4. The van der Waals surface area contributed by atoms with Crippen LogP contribution in [-0.2, 0) is 19.3 Å². The van der Waals surface area contributed by atoms with Gasteiger partial charge in [0, 0.05) is 31.1 Å². The molecule has 2 aromatic rings. The Labute approximate surface area is 154 Å². The second-order valence-electron chi connectivity index (χ2n) is 6.97. The van der Waals surface area contributed by atoms with Crippen molar-refractivity contribution in [1.82, 2.24) is 25.0 Å². The molecule has 9 heteroatoms. The van der Waals surface area contributed by atoms with Gasteiger partial charge in [0.1, 0.15) is 5.82 Å². The summed E-state index contributed by atoms with van der Waals surface area (Å²) in [6.07, 6.45) is -2.24. The van der Waals surface area contributed by atoms with Crippen molar-refractivity contribution in [1.29, 1.82) is 0 Å². The average Bonchev–Trinajstić information content (AvgIpc) is 3.11. The summed E-state index contributed by atoms with van der Waals surface area (Å²) < 4.78 is 40.1. The van der Waals surface area contributed by atoms with Gasteiger partial charge in [-0.1, -0.05) is 0 Å². The van der Waals surface area contributed by atoms with E-state index < -0.39 is 11.7 Å². The lowest BCUT2D eigenvalue weighted by atomic mass is 9.99. The van der Waals surface area contributed by atoms with E-state index in [1.165, 1.54) is 12.1 Å². The molecule has 2 aliphatic rings. The topological polar surface area (TPSA) is 63.1 Å². The first-order valence-electron chi connectivity index (χ1n) is 9.02. The van der Waals surface area contributed by atoms with Gasteiger partial charge in [-0.25, -0.2) is 0 Å². The minimum atomic E-state index is -4.41. The molecule has 3 heterocycles. The maximum Gasteiger partial charge on any atom is 0.416 e. The van der Waals surface area contributed by atoms with Gasteiger partial charge in [-0.15, -0.1) is 10.2 Å². The van der Waals surface area contributed by atoms with Gasteiger partial charge in [-0.3, -0.25) is 4.79 Å². The standard InChI is InChI=1S/C18H20F3N5O/c19-18(20,21)14-5-3-12(4-6-14)17(27)25-8-9-26-15(11-25)23-24-16(26)13-2-1-7-22-10-13/h3-6,13,22H,1-2,7-11H2. The number of carbonyl (C=O) groups is 1. The first-order valence-corrected chi connectivity index (χ1v) is 9.02. The highest BCUT2D eigenvalue weighted by atomic mass is 19.4. The zero-order chi connectivity index (χ0) is 19.0. The molecule has 1 N–H and O–H groups in total. The molecular weight excluding hydrogens is 359 g/mol. The van der Waals surface area contributed by atoms with Crippen molar-refractivity contribution in [2.45, 2.75) is 38.0 Å². The molecule has 0 aliphatic carbocycles. The number of hydrogen-bond acceptors (Lipinski definition) is 4. The van der Waals surface area contributed by atoms with Crippen LogP contribution in [0.5, 0.6) is 0 Å². The van der Waals surface area contributed by atoms with Crippen LogP contribution in [0.3, 0.4) is 0 Å². The van der Waals surface area contributed by atoms with Crippen molar-refractivity contribution >= 4 is 5.91 Å². The van der Waals surface area contributed by atoms with Gasteiger partial charge >= 0.3 is 6.18 Å². The summed E-state index contributed by atoms with van der Waals surface area (Å²) in [6.45, 7) is 3.30. The van der Waals surface area contributed by atoms with E-state index in [1.807, 2.05) is 0 Å². The predicted molar refractivity (Wildman–Crippen MR) is 91.1 cm³/mol. The van der Waals surface area contributed by atoms with Gasteiger partial charge in [0.15, 0.2) is 5.82 Å². The fraction of sp³-hybridized carbons (Fsp3) is 0.500. The Balaban J connectivity index is 1.48. The Bertz CT molecular complexity index is 825. The molecule has 1 unspecified atom stereocenters. The molecule has 1 aromatic carbocycles. The van der Waals surface area contributed by atoms with Crippen LogP contribution in [0, 0.1) is 0 Å². The number of benzene rings is 1. The molecule has 1 atom stereocenters. The number of carbonyl (C=O) groups excluding carboxylic acids is 1. The Morgan fingerprint density at radius 1 is 1.15 bits per heavy atom. The van der Waals surface area contributed by atoms with Crippen LogP contribution in [-0.4, -0.2) is 45.2 Å². The third-order valence-corrected chi connectivity index (χ3v) is 5.19. The number of nitrogens with zero attached hydrogens (tertiary/aromatic N) is 4. The Morgan fingerprint density at radius 3 is 2.59 bits per heavy atom. The third kappa shape index (κ3) is 3.55. The van der Waals surface area contributed by atoms with Crippen molar-refractivity contribution in [3.63, 3.8) is 0 Å². The molecule has 1 aromatic heterocycles. The molecule has 0 bridgehead atoms. The summed E-state index contributed by atoms with van der Waals surface area (Å²) >= 11 is 0. The minimum absolute atomic E-state index is 0.243. The van der Waals surface area contributed by atoms with E-state index >= 15 is 0 Å². The highest BCUT2D eigenvalue weighted by molar-refractivity contribution is 5.94. The predicted octanol–water partition coefficient (Wildman–Crippen LogP) is 2.42. The van der Waals surface area contributed by atoms with Crippen molar-refractivity contribution in [2.75, 3.05) is 19.6 Å². The zero-order valence-corrected chi connectivity index (χ0v) is 14.7. The molecule has 0 spiro atoms. The third-order valence-electron chi connectivity index (χ3n) is 5.19. The molecule has 1 saturated heterocycles. The average molecular weight is 379 g/mol. The van der Waals surface area contributed by atoms with Gasteiger partial charge in [0.2, 0.25) is 0 Å². The Morgan fingerprint density at radius 2 is 1.93 bits per heavy atom. The van der Waals surface area contributed by atoms with E-state index in [1.54, 1.807) is 4.90 Å². The highest BCUT2D eigenvalue weighted by Crippen LogP contribution is 2.29. The van der Waals surface area contributed by atoms with E-state index in [2.05, 4.69) is 20.1 Å². The van der Waals surface area contributed by atoms with E-state index in [0.29, 0.717) is 25.6 Å². The van der Waals surface area contributed by atoms with Crippen LogP contribution in [0.25, 0.3) is 0 Å². The number of piperidine rings is 1. The summed E-state index contributed by atoms with van der Waals surface area (Å²) in [5.74, 6) is 1.72. The molecular formula is C18H20F3N5O. The van der Waals surface area contributed by atoms with E-state index in [-0.39, 0.29) is 11.5 Å². The van der Waals surface area contributed by atoms with E-state index in [0.717, 1.165) is 49.7 Å². The lowest BCUT2D eigenvalue weighted by Gasteiger charge is -2.30. The summed E-state index contributed by atoms with van der Waals surface area (Å²) in [5.41, 5.74) is -0.518. The Kier molecular flexibility index (Phi) is 4.63. The number of amides is 1. The SMILES string of the molecule is O=C(c1ccc(C(F)(F)F)cc1)N1CCn2c(nnc2C2CCCNC2)C1. The van der Waals surface area contributed by atoms with Crippen LogP contribution in [0.2, 0.25) is 0 Å². The minimum Gasteiger partial charge on any atom is -0.329 e. The van der Waals surface area contributed by atoms with Crippen LogP contribution < -0.4 is 5.32 Å². The number of aromatic nitrogens is 3. The van der Waals surface area contributed by atoms with Gasteiger partial charge in [-0.2, -0.15) is 13.2 Å². The first-order chi connectivity index (χ1) is 12.9. The van der Waals surface area contributed by atoms with Crippen LogP contribution >= 0.6 is 0 Å². The largest absolute Gasteiger partial charge is 0.416 e. The molecule has 144 valence electrons. The van der Waals surface area contributed by atoms with Crippen LogP contribution in [0.4, 0.5) is 13.2 Å². The maximum atomic E-state index is 12.7. The quantitative estimate of drug-likeness (QED) is 0.871. The number of halogens is 3. The summed E-state index contributed by atoms with van der Waals surface area (Å²) in [5, 5.41) is 12.0. The van der Waals surface area contributed by atoms with Gasteiger partial charge < -0.3 is 14.8 Å². The van der Waals surface area contributed by atoms with Gasteiger partial charge in [0.05, 0.1) is 12.1 Å². The smallest absolute Gasteiger partial charge is 0.329 e. The molecule has 27 heavy (non-hydrogen) atoms. The number of alkyl halides is 3. The van der Waals surface area contributed by atoms with Crippen LogP contribution in [0.15, 0.2) is 24.3 Å². The number of hydrogen-bond donors (Lipinski definition) is 1. The molecule has 1 fully saturated rings. The summed E-state index contributed by atoms with van der Waals surface area (Å²) in [6, 6.07) is 4.33. The monoisotopic (exact) mass is 379 g/mol. The number of nitrogens with one attached hydrogen (secondary N) is 1. The van der Waals surface area contributed by atoms with Crippen molar-refractivity contribution < 1.29 is 18.0 Å². The number of rotatable bonds is 2. The van der Waals surface area contributed by atoms with Crippen molar-refractivity contribution in [2.24, 2.45) is 0 Å². The second kappa shape index (κ2) is 6.95. The molecule has 1 amide bonds. The lowest BCUT2D eigenvalue weighted by molar-refractivity contribution is -0.137. The lowest BCUT2D eigenvalue weighted by Crippen LogP contribution is -2.39. The molecule has 6 nitrogen and oxygen atoms in total. The molecule has 0 saturated carbocycles. The summed E-state index contributed by atoms with van der Waals surface area (Å²) in [4.78, 5) is 14.3. The van der Waals surface area contributed by atoms with Gasteiger partial charge in [0.25, 0.3) is 5.91 Å². The fourth-order valence-corrected chi connectivity index (χ4v) is 3.71. The first kappa shape index (κ1) is 18.0. The summed E-state index contributed by atoms with van der Waals surface area (Å²) in [7, 11) is 0.